The third-order valence-electron chi connectivity index (χ3n) is 3.51. The van der Waals surface area contributed by atoms with Gasteiger partial charge in [-0.2, -0.15) is 5.10 Å². The summed E-state index contributed by atoms with van der Waals surface area (Å²) in [6.07, 6.45) is 1.27. The minimum absolute atomic E-state index is 0.101. The van der Waals surface area contributed by atoms with Crippen molar-refractivity contribution in [2.75, 3.05) is 13.7 Å². The second-order valence-electron chi connectivity index (χ2n) is 5.54. The molecule has 9 heteroatoms. The summed E-state index contributed by atoms with van der Waals surface area (Å²) in [5.74, 6) is 8.57. The van der Waals surface area contributed by atoms with Crippen molar-refractivity contribution >= 4 is 24.3 Å². The van der Waals surface area contributed by atoms with Gasteiger partial charge in [-0.05, 0) is 29.8 Å². The molecule has 9 nitrogen and oxygen atoms in total. The van der Waals surface area contributed by atoms with Gasteiger partial charge in [-0.1, -0.05) is 11.8 Å². The summed E-state index contributed by atoms with van der Waals surface area (Å²) in [4.78, 5) is 35.8. The molecule has 2 atom stereocenters. The predicted molar refractivity (Wildman–Crippen MR) is 98.7 cm³/mol. The Hall–Kier alpha value is -3.06. The predicted octanol–water partition coefficient (Wildman–Crippen LogP) is -0.893. The zero-order chi connectivity index (χ0) is 20.3. The third-order valence-corrected chi connectivity index (χ3v) is 3.51. The van der Waals surface area contributed by atoms with Gasteiger partial charge in [0.2, 0.25) is 0 Å². The van der Waals surface area contributed by atoms with Gasteiger partial charge in [-0.25, -0.2) is 4.79 Å². The number of ketones is 1. The van der Waals surface area contributed by atoms with Crippen molar-refractivity contribution in [2.24, 2.45) is 22.4 Å². The first-order valence-corrected chi connectivity index (χ1v) is 7.91. The number of aldehydes is 1. The number of hydrogen-bond acceptors (Lipinski definition) is 9. The fourth-order valence-electron chi connectivity index (χ4n) is 2.03. The maximum Gasteiger partial charge on any atom is 0.340 e. The van der Waals surface area contributed by atoms with Crippen LogP contribution in [0.25, 0.3) is 0 Å². The number of rotatable bonds is 9. The molecule has 0 aliphatic rings. The summed E-state index contributed by atoms with van der Waals surface area (Å²) in [5.41, 5.74) is 10.2. The number of benzene rings is 1. The Morgan fingerprint density at radius 1 is 1.30 bits per heavy atom. The molecule has 1 rings (SSSR count). The molecule has 0 aliphatic carbocycles. The van der Waals surface area contributed by atoms with E-state index in [1.807, 2.05) is 0 Å². The van der Waals surface area contributed by atoms with Crippen LogP contribution < -0.4 is 22.0 Å². The topological polar surface area (TPSA) is 160 Å². The highest BCUT2D eigenvalue weighted by Crippen LogP contribution is 2.18. The first-order chi connectivity index (χ1) is 12.9. The van der Waals surface area contributed by atoms with Crippen LogP contribution in [0.5, 0.6) is 5.75 Å². The van der Waals surface area contributed by atoms with E-state index in [9.17, 15) is 14.4 Å². The first kappa shape index (κ1) is 22.0. The average Bonchev–Trinajstić information content (AvgIpc) is 2.66. The lowest BCUT2D eigenvalue weighted by Crippen LogP contribution is -2.61. The summed E-state index contributed by atoms with van der Waals surface area (Å²) < 4.78 is 10.00. The second-order valence-corrected chi connectivity index (χ2v) is 5.54. The number of hydrogen-bond donors (Lipinski definition) is 3. The normalized spacial score (nSPS) is 13.9. The highest BCUT2D eigenvalue weighted by Gasteiger charge is 2.45. The fourth-order valence-corrected chi connectivity index (χ4v) is 2.03. The van der Waals surface area contributed by atoms with E-state index in [2.05, 4.69) is 16.9 Å². The highest BCUT2D eigenvalue weighted by atomic mass is 16.5. The smallest absolute Gasteiger partial charge is 0.340 e. The van der Waals surface area contributed by atoms with E-state index in [1.165, 1.54) is 25.5 Å². The second kappa shape index (κ2) is 10.8. The van der Waals surface area contributed by atoms with Crippen molar-refractivity contribution in [1.29, 1.82) is 0 Å². The van der Waals surface area contributed by atoms with Crippen molar-refractivity contribution in [3.8, 4) is 17.6 Å². The van der Waals surface area contributed by atoms with Gasteiger partial charge in [0, 0.05) is 20.0 Å². The van der Waals surface area contributed by atoms with E-state index < -0.39 is 23.3 Å². The summed E-state index contributed by atoms with van der Waals surface area (Å²) >= 11 is 0. The highest BCUT2D eigenvalue weighted by molar-refractivity contribution is 6.11. The molecule has 0 aliphatic heterocycles. The summed E-state index contributed by atoms with van der Waals surface area (Å²) in [7, 11) is 1.45. The Labute approximate surface area is 156 Å². The van der Waals surface area contributed by atoms with Crippen LogP contribution >= 0.6 is 0 Å². The Morgan fingerprint density at radius 3 is 2.52 bits per heavy atom. The number of Topliss-reactive ketones (excluding diaryl/α,β-unsaturated/α-hetero) is 1. The van der Waals surface area contributed by atoms with Crippen LogP contribution in [0.1, 0.15) is 18.4 Å². The molecule has 0 saturated carbocycles. The van der Waals surface area contributed by atoms with Crippen LogP contribution in [-0.2, 0) is 19.1 Å². The van der Waals surface area contributed by atoms with Gasteiger partial charge in [-0.15, -0.1) is 0 Å². The van der Waals surface area contributed by atoms with Crippen molar-refractivity contribution in [3.63, 3.8) is 0 Å². The van der Waals surface area contributed by atoms with E-state index in [4.69, 9.17) is 26.8 Å². The number of nitrogens with zero attached hydrogens (tertiary/aromatic N) is 1. The molecule has 0 amide bonds. The maximum atomic E-state index is 12.6. The van der Waals surface area contributed by atoms with Crippen molar-refractivity contribution in [1.82, 2.24) is 0 Å². The van der Waals surface area contributed by atoms with Crippen molar-refractivity contribution in [3.05, 3.63) is 29.8 Å². The Morgan fingerprint density at radius 2 is 1.96 bits per heavy atom. The lowest BCUT2D eigenvalue weighted by molar-refractivity contribution is -0.146. The quantitative estimate of drug-likeness (QED) is 0.0733. The molecule has 0 spiro atoms. The van der Waals surface area contributed by atoms with Crippen molar-refractivity contribution < 1.29 is 23.9 Å². The molecule has 0 bridgehead atoms. The molecule has 144 valence electrons. The molecular weight excluding hydrogens is 352 g/mol. The molecular formula is C18H22N4O5. The minimum atomic E-state index is -2.12. The van der Waals surface area contributed by atoms with Gasteiger partial charge >= 0.3 is 5.97 Å². The molecule has 0 radical (unpaired) electrons. The van der Waals surface area contributed by atoms with E-state index in [0.717, 1.165) is 0 Å². The molecule has 2 unspecified atom stereocenters. The fraction of sp³-hybridized carbons (Fsp3) is 0.333. The van der Waals surface area contributed by atoms with Gasteiger partial charge in [0.05, 0.1) is 12.3 Å². The van der Waals surface area contributed by atoms with Gasteiger partial charge in [0.25, 0.3) is 0 Å². The monoisotopic (exact) mass is 374 g/mol. The Kier molecular flexibility index (Phi) is 8.81. The van der Waals surface area contributed by atoms with Gasteiger partial charge < -0.3 is 31.6 Å². The zero-order valence-corrected chi connectivity index (χ0v) is 14.9. The van der Waals surface area contributed by atoms with Gasteiger partial charge in [0.15, 0.2) is 11.3 Å². The number of carbonyl (C=O) groups excluding carboxylic acids is 3. The summed E-state index contributed by atoms with van der Waals surface area (Å²) in [6, 6.07) is 4.95. The number of hydrazone groups is 1. The average molecular weight is 374 g/mol. The molecule has 1 aromatic carbocycles. The van der Waals surface area contributed by atoms with Gasteiger partial charge in [0.1, 0.15) is 18.6 Å². The van der Waals surface area contributed by atoms with E-state index in [-0.39, 0.29) is 25.2 Å². The number of carbonyl (C=O) groups is 3. The molecule has 27 heavy (non-hydrogen) atoms. The largest absolute Gasteiger partial charge is 0.425 e. The maximum absolute atomic E-state index is 12.6. The first-order valence-electron chi connectivity index (χ1n) is 7.91. The SMILES string of the molecule is COCC#CCC(N)(C(=O)Oc1ccc(C=NN)cc1)C(=O)C(N)CC=O. The Bertz CT molecular complexity index is 751. The minimum Gasteiger partial charge on any atom is -0.425 e. The number of ether oxygens (including phenoxy) is 2. The summed E-state index contributed by atoms with van der Waals surface area (Å²) in [6.45, 7) is 0.101. The standard InChI is InChI=1S/C18H22N4O5/c1-26-11-3-2-9-18(20,16(24)15(19)8-10-23)17(25)27-14-6-4-13(5-7-14)12-22-21/h4-7,10,12,15H,8-9,11,19-21H2,1H3. The van der Waals surface area contributed by atoms with Crippen LogP contribution in [0.15, 0.2) is 29.4 Å². The van der Waals surface area contributed by atoms with Crippen LogP contribution in [0.3, 0.4) is 0 Å². The van der Waals surface area contributed by atoms with E-state index >= 15 is 0 Å². The lowest BCUT2D eigenvalue weighted by Gasteiger charge is -2.26. The number of esters is 1. The van der Waals surface area contributed by atoms with Crippen LogP contribution in [-0.4, -0.2) is 49.6 Å². The van der Waals surface area contributed by atoms with Crippen molar-refractivity contribution in [2.45, 2.75) is 24.4 Å². The van der Waals surface area contributed by atoms with Crippen LogP contribution in [0, 0.1) is 11.8 Å². The molecule has 0 heterocycles. The lowest BCUT2D eigenvalue weighted by atomic mass is 9.86. The van der Waals surface area contributed by atoms with Gasteiger partial charge in [-0.3, -0.25) is 4.79 Å². The third kappa shape index (κ3) is 6.31. The number of nitrogens with two attached hydrogens (primary N) is 3. The Balaban J connectivity index is 3.05. The molecule has 6 N–H and O–H groups in total. The van der Waals surface area contributed by atoms with Crippen LogP contribution in [0.2, 0.25) is 0 Å². The number of methoxy groups -OCH3 is 1. The molecule has 0 aromatic heterocycles. The molecule has 0 fully saturated rings. The van der Waals surface area contributed by atoms with Crippen LogP contribution in [0.4, 0.5) is 0 Å². The molecule has 1 aromatic rings. The zero-order valence-electron chi connectivity index (χ0n) is 14.9. The van der Waals surface area contributed by atoms with E-state index in [1.54, 1.807) is 12.1 Å². The van der Waals surface area contributed by atoms with E-state index in [0.29, 0.717) is 11.8 Å². The molecule has 0 saturated heterocycles. The summed E-state index contributed by atoms with van der Waals surface area (Å²) in [5, 5.41) is 3.38.